The lowest BCUT2D eigenvalue weighted by atomic mass is 10.2. The first kappa shape index (κ1) is 16.2. The molecule has 4 heterocycles. The van der Waals surface area contributed by atoms with E-state index in [4.69, 9.17) is 9.47 Å². The molecule has 2 aliphatic rings. The quantitative estimate of drug-likeness (QED) is 0.797. The van der Waals surface area contributed by atoms with Crippen molar-refractivity contribution in [2.75, 3.05) is 26.3 Å². The number of hydrogen-bond donors (Lipinski definition) is 0. The second kappa shape index (κ2) is 7.31. The van der Waals surface area contributed by atoms with Crippen molar-refractivity contribution in [3.8, 4) is 0 Å². The SMILES string of the molecule is O=c1cc(CN(C[C@H]2CCCO2)C[C@@H]2CCCO2)nc2sccn12. The molecule has 0 N–H and O–H groups in total. The zero-order valence-electron chi connectivity index (χ0n) is 13.7. The highest BCUT2D eigenvalue weighted by Crippen LogP contribution is 2.18. The number of nitrogens with zero attached hydrogens (tertiary/aromatic N) is 3. The van der Waals surface area contributed by atoms with Crippen LogP contribution in [-0.2, 0) is 16.0 Å². The molecule has 4 rings (SSSR count). The van der Waals surface area contributed by atoms with E-state index in [-0.39, 0.29) is 17.8 Å². The van der Waals surface area contributed by atoms with Crippen molar-refractivity contribution in [1.82, 2.24) is 14.3 Å². The lowest BCUT2D eigenvalue weighted by molar-refractivity contribution is 0.0341. The summed E-state index contributed by atoms with van der Waals surface area (Å²) in [4.78, 5) is 19.9. The van der Waals surface area contributed by atoms with Gasteiger partial charge in [0.25, 0.3) is 5.56 Å². The Hall–Kier alpha value is -1.28. The van der Waals surface area contributed by atoms with Gasteiger partial charge in [-0.15, -0.1) is 11.3 Å². The van der Waals surface area contributed by atoms with Crippen LogP contribution in [0.2, 0.25) is 0 Å². The van der Waals surface area contributed by atoms with E-state index in [1.807, 2.05) is 5.38 Å². The summed E-state index contributed by atoms with van der Waals surface area (Å²) in [6, 6.07) is 1.65. The molecule has 130 valence electrons. The average molecular weight is 349 g/mol. The molecule has 0 saturated carbocycles. The van der Waals surface area contributed by atoms with Gasteiger partial charge in [-0.3, -0.25) is 14.1 Å². The molecule has 2 atom stereocenters. The van der Waals surface area contributed by atoms with Crippen molar-refractivity contribution in [3.05, 3.63) is 33.7 Å². The monoisotopic (exact) mass is 349 g/mol. The molecule has 0 unspecified atom stereocenters. The molecule has 0 amide bonds. The third kappa shape index (κ3) is 3.69. The maximum atomic E-state index is 12.2. The summed E-state index contributed by atoms with van der Waals surface area (Å²) in [7, 11) is 0. The van der Waals surface area contributed by atoms with Gasteiger partial charge in [-0.05, 0) is 25.7 Å². The molecule has 0 aliphatic carbocycles. The first-order valence-electron chi connectivity index (χ1n) is 8.69. The first-order valence-corrected chi connectivity index (χ1v) is 9.57. The normalized spacial score (nSPS) is 24.4. The van der Waals surface area contributed by atoms with Crippen LogP contribution in [0.3, 0.4) is 0 Å². The second-order valence-corrected chi connectivity index (χ2v) is 7.48. The van der Waals surface area contributed by atoms with E-state index in [9.17, 15) is 4.79 Å². The summed E-state index contributed by atoms with van der Waals surface area (Å²) in [5, 5.41) is 1.89. The Morgan fingerprint density at radius 2 is 1.92 bits per heavy atom. The molecule has 24 heavy (non-hydrogen) atoms. The number of ether oxygens (including phenoxy) is 2. The number of rotatable bonds is 6. The molecule has 0 bridgehead atoms. The van der Waals surface area contributed by atoms with Crippen LogP contribution in [-0.4, -0.2) is 52.8 Å². The smallest absolute Gasteiger partial charge is 0.258 e. The van der Waals surface area contributed by atoms with E-state index < -0.39 is 0 Å². The van der Waals surface area contributed by atoms with Gasteiger partial charge in [0, 0.05) is 50.5 Å². The van der Waals surface area contributed by atoms with Crippen molar-refractivity contribution in [2.45, 2.75) is 44.4 Å². The van der Waals surface area contributed by atoms with Gasteiger partial charge >= 0.3 is 0 Å². The van der Waals surface area contributed by atoms with Crippen LogP contribution in [0.1, 0.15) is 31.4 Å². The summed E-state index contributed by atoms with van der Waals surface area (Å²) in [6.45, 7) is 4.15. The van der Waals surface area contributed by atoms with Gasteiger partial charge in [-0.2, -0.15) is 0 Å². The van der Waals surface area contributed by atoms with E-state index in [0.717, 1.165) is 62.6 Å². The third-order valence-electron chi connectivity index (χ3n) is 4.71. The van der Waals surface area contributed by atoms with Crippen LogP contribution < -0.4 is 5.56 Å². The van der Waals surface area contributed by atoms with Gasteiger partial charge in [0.2, 0.25) is 0 Å². The molecule has 2 aromatic heterocycles. The van der Waals surface area contributed by atoms with E-state index in [1.165, 1.54) is 11.3 Å². The fraction of sp³-hybridized carbons (Fsp3) is 0.647. The first-order chi connectivity index (χ1) is 11.8. The number of aromatic nitrogens is 2. The fourth-order valence-corrected chi connectivity index (χ4v) is 4.29. The largest absolute Gasteiger partial charge is 0.377 e. The molecule has 0 radical (unpaired) electrons. The van der Waals surface area contributed by atoms with Gasteiger partial charge in [0.1, 0.15) is 0 Å². The lowest BCUT2D eigenvalue weighted by Crippen LogP contribution is -2.37. The van der Waals surface area contributed by atoms with Gasteiger partial charge < -0.3 is 9.47 Å². The molecule has 6 nitrogen and oxygen atoms in total. The molecular weight excluding hydrogens is 326 g/mol. The Morgan fingerprint density at radius 3 is 2.54 bits per heavy atom. The molecule has 2 aromatic rings. The highest BCUT2D eigenvalue weighted by molar-refractivity contribution is 7.15. The van der Waals surface area contributed by atoms with Gasteiger partial charge in [-0.25, -0.2) is 4.98 Å². The summed E-state index contributed by atoms with van der Waals surface area (Å²) in [6.07, 6.45) is 6.86. The number of thiazole rings is 1. The van der Waals surface area contributed by atoms with E-state index in [0.29, 0.717) is 6.54 Å². The van der Waals surface area contributed by atoms with Crippen LogP contribution in [0.25, 0.3) is 4.96 Å². The Morgan fingerprint density at radius 1 is 1.21 bits per heavy atom. The highest BCUT2D eigenvalue weighted by Gasteiger charge is 2.24. The predicted molar refractivity (Wildman–Crippen MR) is 92.6 cm³/mol. The van der Waals surface area contributed by atoms with E-state index in [1.54, 1.807) is 16.7 Å². The Balaban J connectivity index is 1.50. The minimum absolute atomic E-state index is 0.00886. The van der Waals surface area contributed by atoms with E-state index in [2.05, 4.69) is 9.88 Å². The van der Waals surface area contributed by atoms with Gasteiger partial charge in [-0.1, -0.05) is 0 Å². The second-order valence-electron chi connectivity index (χ2n) is 6.61. The van der Waals surface area contributed by atoms with Crippen molar-refractivity contribution in [3.63, 3.8) is 0 Å². The minimum Gasteiger partial charge on any atom is -0.377 e. The lowest BCUT2D eigenvalue weighted by Gasteiger charge is -2.27. The van der Waals surface area contributed by atoms with Crippen LogP contribution >= 0.6 is 11.3 Å². The molecule has 0 spiro atoms. The minimum atomic E-state index is -0.00886. The Bertz CT molecular complexity index is 714. The summed E-state index contributed by atoms with van der Waals surface area (Å²) < 4.78 is 13.2. The zero-order chi connectivity index (χ0) is 16.4. The predicted octanol–water partition coefficient (Wildman–Crippen LogP) is 1.92. The van der Waals surface area contributed by atoms with Crippen molar-refractivity contribution < 1.29 is 9.47 Å². The molecule has 0 aromatic carbocycles. The zero-order valence-corrected chi connectivity index (χ0v) is 14.5. The van der Waals surface area contributed by atoms with Gasteiger partial charge in [0.05, 0.1) is 17.9 Å². The topological polar surface area (TPSA) is 56.1 Å². The molecule has 2 aliphatic heterocycles. The molecular formula is C17H23N3O3S. The maximum absolute atomic E-state index is 12.2. The third-order valence-corrected chi connectivity index (χ3v) is 5.47. The summed E-state index contributed by atoms with van der Waals surface area (Å²) >= 11 is 1.49. The van der Waals surface area contributed by atoms with Crippen molar-refractivity contribution in [1.29, 1.82) is 0 Å². The van der Waals surface area contributed by atoms with Crippen molar-refractivity contribution >= 4 is 16.3 Å². The Labute approximate surface area is 145 Å². The molecule has 7 heteroatoms. The molecule has 2 fully saturated rings. The van der Waals surface area contributed by atoms with Crippen LogP contribution in [0, 0.1) is 0 Å². The Kier molecular flexibility index (Phi) is 4.93. The van der Waals surface area contributed by atoms with Crippen LogP contribution in [0.15, 0.2) is 22.4 Å². The van der Waals surface area contributed by atoms with Gasteiger partial charge in [0.15, 0.2) is 4.96 Å². The standard InChI is InChI=1S/C17H23N3O3S/c21-16-9-13(18-17-20(16)5-8-24-17)10-19(11-14-3-1-6-22-14)12-15-4-2-7-23-15/h5,8-9,14-15H,1-4,6-7,10-12H2/t14-,15+. The molecule has 2 saturated heterocycles. The maximum Gasteiger partial charge on any atom is 0.258 e. The van der Waals surface area contributed by atoms with Crippen LogP contribution in [0.4, 0.5) is 0 Å². The number of hydrogen-bond acceptors (Lipinski definition) is 6. The fourth-order valence-electron chi connectivity index (χ4n) is 3.55. The summed E-state index contributed by atoms with van der Waals surface area (Å²) in [5.74, 6) is 0. The van der Waals surface area contributed by atoms with Crippen molar-refractivity contribution in [2.24, 2.45) is 0 Å². The van der Waals surface area contributed by atoms with E-state index >= 15 is 0 Å². The van der Waals surface area contributed by atoms with Crippen LogP contribution in [0.5, 0.6) is 0 Å². The summed E-state index contributed by atoms with van der Waals surface area (Å²) in [5.41, 5.74) is 0.823. The number of fused-ring (bicyclic) bond motifs is 1. The highest BCUT2D eigenvalue weighted by atomic mass is 32.1. The average Bonchev–Trinajstić information content (AvgIpc) is 3.28.